The summed E-state index contributed by atoms with van der Waals surface area (Å²) in [6.45, 7) is 1.94. The minimum Gasteiger partial charge on any atom is -0.375 e. The third-order valence-electron chi connectivity index (χ3n) is 1.93. The number of benzene rings is 1. The Morgan fingerprint density at radius 3 is 2.14 bits per heavy atom. The summed E-state index contributed by atoms with van der Waals surface area (Å²) in [6.07, 6.45) is -0.0203. The van der Waals surface area contributed by atoms with E-state index in [1.807, 2.05) is 31.2 Å². The van der Waals surface area contributed by atoms with Crippen LogP contribution < -0.4 is 5.73 Å². The van der Waals surface area contributed by atoms with Gasteiger partial charge in [0.15, 0.2) is 0 Å². The third kappa shape index (κ3) is 3.58. The highest BCUT2D eigenvalue weighted by atomic mass is 79.9. The van der Waals surface area contributed by atoms with E-state index in [-0.39, 0.29) is 24.6 Å². The molecule has 0 aromatic heterocycles. The van der Waals surface area contributed by atoms with E-state index in [0.717, 1.165) is 10.0 Å². The Labute approximate surface area is 99.4 Å². The molecular weight excluding hydrogens is 265 g/mol. The van der Waals surface area contributed by atoms with Crippen molar-refractivity contribution in [3.63, 3.8) is 0 Å². The van der Waals surface area contributed by atoms with Crippen LogP contribution in [0.1, 0.15) is 18.6 Å². The molecule has 2 nitrogen and oxygen atoms in total. The summed E-state index contributed by atoms with van der Waals surface area (Å²) in [5.74, 6) is 0. The Morgan fingerprint density at radius 1 is 1.29 bits per heavy atom. The van der Waals surface area contributed by atoms with Crippen LogP contribution in [-0.2, 0) is 4.74 Å². The monoisotopic (exact) mass is 279 g/mol. The zero-order valence-electron chi connectivity index (χ0n) is 8.24. The molecular formula is C10H15BrClNO. The van der Waals surface area contributed by atoms with Gasteiger partial charge in [0.1, 0.15) is 0 Å². The number of halogens is 2. The molecule has 0 aliphatic carbocycles. The van der Waals surface area contributed by atoms with Crippen LogP contribution in [0.3, 0.4) is 0 Å². The molecule has 4 heteroatoms. The molecule has 14 heavy (non-hydrogen) atoms. The Balaban J connectivity index is 0.00000169. The molecule has 1 aromatic rings. The van der Waals surface area contributed by atoms with Gasteiger partial charge in [-0.2, -0.15) is 0 Å². The van der Waals surface area contributed by atoms with Gasteiger partial charge >= 0.3 is 0 Å². The molecule has 0 fully saturated rings. The largest absolute Gasteiger partial charge is 0.375 e. The van der Waals surface area contributed by atoms with Crippen LogP contribution in [0.5, 0.6) is 0 Å². The van der Waals surface area contributed by atoms with E-state index in [1.165, 1.54) is 0 Å². The first kappa shape index (κ1) is 13.9. The van der Waals surface area contributed by atoms with Gasteiger partial charge in [0.25, 0.3) is 0 Å². The van der Waals surface area contributed by atoms with Crippen molar-refractivity contribution in [1.29, 1.82) is 0 Å². The lowest BCUT2D eigenvalue weighted by Gasteiger charge is -2.19. The molecule has 2 N–H and O–H groups in total. The van der Waals surface area contributed by atoms with E-state index >= 15 is 0 Å². The minimum absolute atomic E-state index is 0. The van der Waals surface area contributed by atoms with Crippen molar-refractivity contribution < 1.29 is 4.74 Å². The van der Waals surface area contributed by atoms with Gasteiger partial charge in [-0.25, -0.2) is 0 Å². The molecule has 2 atom stereocenters. The second-order valence-corrected chi connectivity index (χ2v) is 3.98. The van der Waals surface area contributed by atoms with Gasteiger partial charge in [0, 0.05) is 17.6 Å². The van der Waals surface area contributed by atoms with Gasteiger partial charge in [0.2, 0.25) is 0 Å². The molecule has 0 aliphatic rings. The van der Waals surface area contributed by atoms with Crippen molar-refractivity contribution >= 4 is 28.3 Å². The lowest BCUT2D eigenvalue weighted by atomic mass is 10.0. The standard InChI is InChI=1S/C10H14BrNO.ClH/c1-7(12)10(13-2)8-3-5-9(11)6-4-8;/h3-7,10H,12H2,1-2H3;1H. The van der Waals surface area contributed by atoms with Crippen LogP contribution in [0.2, 0.25) is 0 Å². The fraction of sp³-hybridized carbons (Fsp3) is 0.400. The maximum Gasteiger partial charge on any atom is 0.0969 e. The Hall–Kier alpha value is -0.0900. The molecule has 0 spiro atoms. The van der Waals surface area contributed by atoms with E-state index in [4.69, 9.17) is 10.5 Å². The summed E-state index contributed by atoms with van der Waals surface area (Å²) in [4.78, 5) is 0. The van der Waals surface area contributed by atoms with Gasteiger partial charge in [-0.1, -0.05) is 28.1 Å². The molecule has 0 bridgehead atoms. The van der Waals surface area contributed by atoms with E-state index in [2.05, 4.69) is 15.9 Å². The van der Waals surface area contributed by atoms with E-state index in [9.17, 15) is 0 Å². The molecule has 0 aliphatic heterocycles. The first-order valence-corrected chi connectivity index (χ1v) is 4.98. The van der Waals surface area contributed by atoms with Gasteiger partial charge in [-0.15, -0.1) is 12.4 Å². The maximum absolute atomic E-state index is 5.78. The molecule has 2 unspecified atom stereocenters. The molecule has 1 rings (SSSR count). The average Bonchev–Trinajstić information content (AvgIpc) is 2.09. The zero-order chi connectivity index (χ0) is 9.84. The second kappa shape index (κ2) is 6.40. The lowest BCUT2D eigenvalue weighted by Crippen LogP contribution is -2.25. The highest BCUT2D eigenvalue weighted by Crippen LogP contribution is 2.21. The van der Waals surface area contributed by atoms with Crippen molar-refractivity contribution in [1.82, 2.24) is 0 Å². The van der Waals surface area contributed by atoms with Gasteiger partial charge in [-0.3, -0.25) is 0 Å². The smallest absolute Gasteiger partial charge is 0.0969 e. The van der Waals surface area contributed by atoms with E-state index in [0.29, 0.717) is 0 Å². The Kier molecular flexibility index (Phi) is 6.36. The number of ether oxygens (including phenoxy) is 1. The van der Waals surface area contributed by atoms with Crippen LogP contribution in [0.15, 0.2) is 28.7 Å². The predicted octanol–water partition coefficient (Wildman–Crippen LogP) is 2.91. The number of nitrogens with two attached hydrogens (primary N) is 1. The molecule has 0 saturated heterocycles. The zero-order valence-corrected chi connectivity index (χ0v) is 10.6. The summed E-state index contributed by atoms with van der Waals surface area (Å²) >= 11 is 3.38. The number of hydrogen-bond acceptors (Lipinski definition) is 2. The van der Waals surface area contributed by atoms with E-state index in [1.54, 1.807) is 7.11 Å². The van der Waals surface area contributed by atoms with Crippen LogP contribution in [0, 0.1) is 0 Å². The summed E-state index contributed by atoms with van der Waals surface area (Å²) in [5.41, 5.74) is 6.89. The fourth-order valence-electron chi connectivity index (χ4n) is 1.31. The van der Waals surface area contributed by atoms with E-state index < -0.39 is 0 Å². The number of rotatable bonds is 3. The minimum atomic E-state index is -0.0203. The highest BCUT2D eigenvalue weighted by Gasteiger charge is 2.14. The summed E-state index contributed by atoms with van der Waals surface area (Å²) in [6, 6.07) is 8.02. The average molecular weight is 281 g/mol. The predicted molar refractivity (Wildman–Crippen MR) is 64.8 cm³/mol. The molecule has 0 heterocycles. The third-order valence-corrected chi connectivity index (χ3v) is 2.46. The quantitative estimate of drug-likeness (QED) is 0.924. The Morgan fingerprint density at radius 2 is 1.79 bits per heavy atom. The van der Waals surface area contributed by atoms with Crippen LogP contribution in [0.4, 0.5) is 0 Å². The molecule has 80 valence electrons. The molecule has 0 amide bonds. The Bertz CT molecular complexity index is 263. The van der Waals surface area contributed by atoms with Crippen molar-refractivity contribution in [2.45, 2.75) is 19.1 Å². The summed E-state index contributed by atoms with van der Waals surface area (Å²) in [7, 11) is 1.68. The number of methoxy groups -OCH3 is 1. The van der Waals surface area contributed by atoms with Crippen LogP contribution >= 0.6 is 28.3 Å². The molecule has 1 aromatic carbocycles. The first-order chi connectivity index (χ1) is 6.15. The van der Waals surface area contributed by atoms with Crippen molar-refractivity contribution in [2.75, 3.05) is 7.11 Å². The SMILES string of the molecule is COC(c1ccc(Br)cc1)C(C)N.Cl. The second-order valence-electron chi connectivity index (χ2n) is 3.07. The normalized spacial score (nSPS) is 14.3. The summed E-state index contributed by atoms with van der Waals surface area (Å²) < 4.78 is 6.36. The maximum atomic E-state index is 5.78. The fourth-order valence-corrected chi connectivity index (χ4v) is 1.57. The van der Waals surface area contributed by atoms with Crippen molar-refractivity contribution in [2.24, 2.45) is 5.73 Å². The first-order valence-electron chi connectivity index (χ1n) is 4.19. The van der Waals surface area contributed by atoms with Crippen LogP contribution in [0.25, 0.3) is 0 Å². The van der Waals surface area contributed by atoms with Crippen molar-refractivity contribution in [3.8, 4) is 0 Å². The molecule has 0 saturated carbocycles. The van der Waals surface area contributed by atoms with Crippen molar-refractivity contribution in [3.05, 3.63) is 34.3 Å². The lowest BCUT2D eigenvalue weighted by molar-refractivity contribution is 0.0853. The summed E-state index contributed by atoms with van der Waals surface area (Å²) in [5, 5.41) is 0. The highest BCUT2D eigenvalue weighted by molar-refractivity contribution is 9.10. The number of hydrogen-bond donors (Lipinski definition) is 1. The van der Waals surface area contributed by atoms with Gasteiger partial charge in [-0.05, 0) is 24.6 Å². The van der Waals surface area contributed by atoms with Gasteiger partial charge < -0.3 is 10.5 Å². The topological polar surface area (TPSA) is 35.2 Å². The molecule has 0 radical (unpaired) electrons. The van der Waals surface area contributed by atoms with Gasteiger partial charge in [0.05, 0.1) is 6.10 Å². The van der Waals surface area contributed by atoms with Crippen LogP contribution in [-0.4, -0.2) is 13.2 Å².